The van der Waals surface area contributed by atoms with Crippen molar-refractivity contribution >= 4 is 28.5 Å². The van der Waals surface area contributed by atoms with Crippen LogP contribution in [0.15, 0.2) is 59.9 Å². The zero-order valence-corrected chi connectivity index (χ0v) is 19.7. The lowest BCUT2D eigenvalue weighted by Crippen LogP contribution is -2.05. The summed E-state index contributed by atoms with van der Waals surface area (Å²) in [7, 11) is 1.91. The highest BCUT2D eigenvalue weighted by molar-refractivity contribution is 5.87. The number of fused-ring (bicyclic) bond motifs is 1. The van der Waals surface area contributed by atoms with E-state index in [0.29, 0.717) is 22.6 Å². The van der Waals surface area contributed by atoms with Crippen molar-refractivity contribution in [3.8, 4) is 23.0 Å². The van der Waals surface area contributed by atoms with Gasteiger partial charge in [-0.25, -0.2) is 29.1 Å². The Morgan fingerprint density at radius 3 is 2.92 bits per heavy atom. The van der Waals surface area contributed by atoms with E-state index in [1.165, 1.54) is 18.8 Å². The minimum absolute atomic E-state index is 0.00840. The number of anilines is 2. The van der Waals surface area contributed by atoms with Gasteiger partial charge in [-0.1, -0.05) is 0 Å². The number of halogens is 1. The Bertz CT molecular complexity index is 1580. The van der Waals surface area contributed by atoms with Crippen molar-refractivity contribution in [3.05, 3.63) is 72.5 Å². The van der Waals surface area contributed by atoms with Crippen LogP contribution in [0.5, 0.6) is 11.5 Å². The molecular weight excluding hydrogens is 467 g/mol. The second kappa shape index (κ2) is 9.45. The van der Waals surface area contributed by atoms with Crippen LogP contribution < -0.4 is 10.1 Å². The molecular formula is C25H21FN6O4. The summed E-state index contributed by atoms with van der Waals surface area (Å²) in [6, 6.07) is 8.71. The second-order valence-corrected chi connectivity index (χ2v) is 7.83. The molecule has 0 spiro atoms. The maximum atomic E-state index is 15.3. The first kappa shape index (κ1) is 23.0. The van der Waals surface area contributed by atoms with Gasteiger partial charge in [0, 0.05) is 24.9 Å². The molecule has 0 unspecified atom stereocenters. The summed E-state index contributed by atoms with van der Waals surface area (Å²) in [5, 5.41) is 2.95. The lowest BCUT2D eigenvalue weighted by atomic mass is 10.1. The fourth-order valence-electron chi connectivity index (χ4n) is 3.59. The predicted octanol–water partition coefficient (Wildman–Crippen LogP) is 5.18. The van der Waals surface area contributed by atoms with Gasteiger partial charge in [0.25, 0.3) is 0 Å². The van der Waals surface area contributed by atoms with Crippen molar-refractivity contribution in [3.63, 3.8) is 0 Å². The number of esters is 1. The summed E-state index contributed by atoms with van der Waals surface area (Å²) in [4.78, 5) is 28.6. The number of nitrogens with one attached hydrogen (secondary N) is 1. The molecule has 0 aliphatic rings. The minimum atomic E-state index is -0.613. The largest absolute Gasteiger partial charge is 0.461 e. The third kappa shape index (κ3) is 4.33. The smallest absolute Gasteiger partial charge is 0.360 e. The number of imidazole rings is 1. The monoisotopic (exact) mass is 488 g/mol. The van der Waals surface area contributed by atoms with Gasteiger partial charge in [-0.05, 0) is 38.1 Å². The molecule has 5 aromatic rings. The van der Waals surface area contributed by atoms with Gasteiger partial charge in [-0.2, -0.15) is 0 Å². The highest BCUT2D eigenvalue weighted by atomic mass is 19.1. The van der Waals surface area contributed by atoms with E-state index in [1.807, 2.05) is 23.7 Å². The number of carbonyl (C=O) groups is 1. The van der Waals surface area contributed by atoms with E-state index in [0.717, 1.165) is 11.0 Å². The molecule has 0 saturated carbocycles. The van der Waals surface area contributed by atoms with Gasteiger partial charge in [-0.15, -0.1) is 0 Å². The number of hydrogen-bond donors (Lipinski definition) is 1. The van der Waals surface area contributed by atoms with Crippen LogP contribution in [-0.2, 0) is 11.8 Å². The first-order chi connectivity index (χ1) is 17.4. The number of ether oxygens (including phenoxy) is 2. The minimum Gasteiger partial charge on any atom is -0.461 e. The third-order valence-corrected chi connectivity index (χ3v) is 5.45. The Labute approximate surface area is 204 Å². The molecule has 182 valence electrons. The molecule has 0 saturated heterocycles. The highest BCUT2D eigenvalue weighted by Crippen LogP contribution is 2.34. The first-order valence-corrected chi connectivity index (χ1v) is 11.0. The van der Waals surface area contributed by atoms with Crippen LogP contribution in [0.2, 0.25) is 0 Å². The molecule has 0 aliphatic heterocycles. The number of aromatic nitrogens is 5. The van der Waals surface area contributed by atoms with Gasteiger partial charge in [0.2, 0.25) is 5.89 Å². The average Bonchev–Trinajstić information content (AvgIpc) is 3.52. The van der Waals surface area contributed by atoms with Crippen molar-refractivity contribution in [2.75, 3.05) is 11.9 Å². The Morgan fingerprint density at radius 2 is 2.08 bits per heavy atom. The zero-order valence-electron chi connectivity index (χ0n) is 19.7. The van der Waals surface area contributed by atoms with Crippen molar-refractivity contribution in [1.82, 2.24) is 24.5 Å². The molecule has 0 aliphatic carbocycles. The average molecular weight is 488 g/mol. The molecule has 0 atom stereocenters. The Hall–Kier alpha value is -4.80. The molecule has 36 heavy (non-hydrogen) atoms. The molecule has 11 heteroatoms. The van der Waals surface area contributed by atoms with Crippen molar-refractivity contribution in [2.45, 2.75) is 13.8 Å². The summed E-state index contributed by atoms with van der Waals surface area (Å²) in [6.45, 7) is 3.52. The van der Waals surface area contributed by atoms with Crippen molar-refractivity contribution in [1.29, 1.82) is 0 Å². The summed E-state index contributed by atoms with van der Waals surface area (Å²) in [5.74, 6) is 0.110. The van der Waals surface area contributed by atoms with E-state index in [9.17, 15) is 4.79 Å². The Kier molecular flexibility index (Phi) is 6.03. The topological polar surface area (TPSA) is 117 Å². The number of hydrogen-bond acceptors (Lipinski definition) is 9. The van der Waals surface area contributed by atoms with Crippen LogP contribution in [0.4, 0.5) is 15.9 Å². The first-order valence-electron chi connectivity index (χ1n) is 11.0. The number of benzene rings is 2. The number of aryl methyl sites for hydroxylation is 1. The summed E-state index contributed by atoms with van der Waals surface area (Å²) in [5.41, 5.74) is 2.56. The van der Waals surface area contributed by atoms with Gasteiger partial charge in [-0.3, -0.25) is 0 Å². The fourth-order valence-corrected chi connectivity index (χ4v) is 3.59. The molecule has 0 amide bonds. The summed E-state index contributed by atoms with van der Waals surface area (Å²) >= 11 is 0. The predicted molar refractivity (Wildman–Crippen MR) is 129 cm³/mol. The molecule has 0 bridgehead atoms. The maximum Gasteiger partial charge on any atom is 0.360 e. The quantitative estimate of drug-likeness (QED) is 0.309. The highest BCUT2D eigenvalue weighted by Gasteiger charge is 2.19. The van der Waals surface area contributed by atoms with Gasteiger partial charge in [0.15, 0.2) is 11.5 Å². The molecule has 5 rings (SSSR count). The van der Waals surface area contributed by atoms with Crippen LogP contribution in [0.25, 0.3) is 22.5 Å². The van der Waals surface area contributed by atoms with Gasteiger partial charge >= 0.3 is 5.97 Å². The molecule has 2 aromatic carbocycles. The van der Waals surface area contributed by atoms with E-state index in [1.54, 1.807) is 38.4 Å². The van der Waals surface area contributed by atoms with Crippen molar-refractivity contribution < 1.29 is 23.1 Å². The number of carbonyl (C=O) groups excluding carboxylic acids is 1. The van der Waals surface area contributed by atoms with E-state index in [4.69, 9.17) is 13.9 Å². The van der Waals surface area contributed by atoms with Crippen molar-refractivity contribution in [2.24, 2.45) is 7.05 Å². The standard InChI is InChI=1S/C25H21FN6O4/c1-4-34-25(33)19-11-35-24(31-19)16-10-27-12-28-23(16)30-17-6-8-21(14(2)22(17)26)36-15-5-7-20-18(9-15)29-13-32(20)3/h5-13H,4H2,1-3H3,(H,27,28,30). The summed E-state index contributed by atoms with van der Waals surface area (Å²) < 4.78 is 33.5. The normalized spacial score (nSPS) is 11.0. The van der Waals surface area contributed by atoms with Crippen LogP contribution in [0, 0.1) is 12.7 Å². The lowest BCUT2D eigenvalue weighted by molar-refractivity contribution is 0.0519. The molecule has 3 heterocycles. The number of oxazole rings is 1. The molecule has 0 fully saturated rings. The molecule has 10 nitrogen and oxygen atoms in total. The third-order valence-electron chi connectivity index (χ3n) is 5.45. The van der Waals surface area contributed by atoms with Crippen LogP contribution >= 0.6 is 0 Å². The van der Waals surface area contributed by atoms with E-state index in [-0.39, 0.29) is 29.7 Å². The number of nitrogens with zero attached hydrogens (tertiary/aromatic N) is 5. The fraction of sp³-hybridized carbons (Fsp3) is 0.160. The van der Waals surface area contributed by atoms with E-state index < -0.39 is 11.8 Å². The van der Waals surface area contributed by atoms with E-state index >= 15 is 4.39 Å². The number of rotatable bonds is 7. The molecule has 1 N–H and O–H groups in total. The van der Waals surface area contributed by atoms with Crippen LogP contribution in [0.3, 0.4) is 0 Å². The van der Waals surface area contributed by atoms with Gasteiger partial charge in [0.1, 0.15) is 29.9 Å². The van der Waals surface area contributed by atoms with Gasteiger partial charge < -0.3 is 23.8 Å². The van der Waals surface area contributed by atoms with Gasteiger partial charge in [0.05, 0.1) is 35.2 Å². The zero-order chi connectivity index (χ0) is 25.2. The SMILES string of the molecule is CCOC(=O)c1coc(-c2cncnc2Nc2ccc(Oc3ccc4c(c3)ncn4C)c(C)c2F)n1. The summed E-state index contributed by atoms with van der Waals surface area (Å²) in [6.07, 6.45) is 5.66. The van der Waals surface area contributed by atoms with E-state index in [2.05, 4.69) is 25.3 Å². The molecule has 3 aromatic heterocycles. The van der Waals surface area contributed by atoms with Crippen LogP contribution in [0.1, 0.15) is 23.0 Å². The Morgan fingerprint density at radius 1 is 1.22 bits per heavy atom. The maximum absolute atomic E-state index is 15.3. The lowest BCUT2D eigenvalue weighted by Gasteiger charge is -2.14. The van der Waals surface area contributed by atoms with Crippen LogP contribution in [-0.4, -0.2) is 37.1 Å². The second-order valence-electron chi connectivity index (χ2n) is 7.83. The molecule has 0 radical (unpaired) electrons. The Balaban J connectivity index is 1.40.